The van der Waals surface area contributed by atoms with Crippen LogP contribution in [0.2, 0.25) is 0 Å². The summed E-state index contributed by atoms with van der Waals surface area (Å²) in [7, 11) is 0. The van der Waals surface area contributed by atoms with Crippen LogP contribution in [0.1, 0.15) is 60.9 Å². The average Bonchev–Trinajstić information content (AvgIpc) is 3.20. The van der Waals surface area contributed by atoms with Crippen molar-refractivity contribution in [2.24, 2.45) is 5.41 Å². The summed E-state index contributed by atoms with van der Waals surface area (Å²) in [6.45, 7) is 3.74. The molecule has 3 fully saturated rings. The van der Waals surface area contributed by atoms with Crippen molar-refractivity contribution in [2.75, 3.05) is 13.2 Å². The fraction of sp³-hybridized carbons (Fsp3) is 0.462. The number of benzene rings is 2. The Morgan fingerprint density at radius 2 is 1.71 bits per heavy atom. The van der Waals surface area contributed by atoms with Crippen LogP contribution in [-0.2, 0) is 9.53 Å². The lowest BCUT2D eigenvalue weighted by Crippen LogP contribution is -2.49. The van der Waals surface area contributed by atoms with E-state index in [4.69, 9.17) is 9.84 Å². The summed E-state index contributed by atoms with van der Waals surface area (Å²) < 4.78 is 5.62. The minimum atomic E-state index is -0.904. The molecule has 1 spiro atoms. The molecule has 5 rings (SSSR count). The van der Waals surface area contributed by atoms with E-state index in [1.165, 1.54) is 12.0 Å². The number of piperidine rings is 1. The van der Waals surface area contributed by atoms with Crippen molar-refractivity contribution in [3.05, 3.63) is 59.7 Å². The molecule has 1 N–H and O–H groups in total. The van der Waals surface area contributed by atoms with Crippen molar-refractivity contribution in [1.29, 1.82) is 0 Å². The molecule has 0 aromatic heterocycles. The summed E-state index contributed by atoms with van der Waals surface area (Å²) in [5, 5.41) is 9.06. The molecule has 2 heterocycles. The summed E-state index contributed by atoms with van der Waals surface area (Å²) in [5.74, 6) is -0.146. The molecule has 3 aliphatic rings. The van der Waals surface area contributed by atoms with Crippen LogP contribution in [0.15, 0.2) is 48.5 Å². The number of carboxylic acids is 1. The van der Waals surface area contributed by atoms with Crippen LogP contribution < -0.4 is 0 Å². The molecule has 2 aromatic carbocycles. The van der Waals surface area contributed by atoms with E-state index in [-0.39, 0.29) is 18.1 Å². The van der Waals surface area contributed by atoms with Crippen molar-refractivity contribution in [3.8, 4) is 11.1 Å². The van der Waals surface area contributed by atoms with E-state index < -0.39 is 5.97 Å². The molecule has 1 unspecified atom stereocenters. The number of aromatic carboxylic acids is 1. The van der Waals surface area contributed by atoms with E-state index >= 15 is 0 Å². The number of hydrogen-bond acceptors (Lipinski definition) is 3. The van der Waals surface area contributed by atoms with Gasteiger partial charge in [0, 0.05) is 19.2 Å². The van der Waals surface area contributed by atoms with Crippen molar-refractivity contribution >= 4 is 11.9 Å². The highest BCUT2D eigenvalue weighted by atomic mass is 16.5. The van der Waals surface area contributed by atoms with Gasteiger partial charge in [-0.3, -0.25) is 4.79 Å². The van der Waals surface area contributed by atoms with Gasteiger partial charge >= 0.3 is 5.97 Å². The zero-order valence-corrected chi connectivity index (χ0v) is 17.9. The third kappa shape index (κ3) is 3.76. The number of carbonyl (C=O) groups is 2. The number of carboxylic acid groups (broad SMARTS) is 1. The van der Waals surface area contributed by atoms with Gasteiger partial charge in [0.1, 0.15) is 6.10 Å². The van der Waals surface area contributed by atoms with Crippen LogP contribution >= 0.6 is 0 Å². The molecule has 0 bridgehead atoms. The molecule has 1 aliphatic carbocycles. The Kier molecular flexibility index (Phi) is 5.09. The largest absolute Gasteiger partial charge is 0.478 e. The van der Waals surface area contributed by atoms with Gasteiger partial charge in [-0.1, -0.05) is 36.4 Å². The third-order valence-corrected chi connectivity index (χ3v) is 7.54. The summed E-state index contributed by atoms with van der Waals surface area (Å²) >= 11 is 0. The first-order chi connectivity index (χ1) is 15.0. The zero-order chi connectivity index (χ0) is 21.6. The highest BCUT2D eigenvalue weighted by Gasteiger charge is 2.57. The van der Waals surface area contributed by atoms with Crippen LogP contribution in [0.3, 0.4) is 0 Å². The Morgan fingerprint density at radius 1 is 1.03 bits per heavy atom. The Hall–Kier alpha value is -2.66. The van der Waals surface area contributed by atoms with Gasteiger partial charge in [-0.25, -0.2) is 4.79 Å². The van der Waals surface area contributed by atoms with E-state index in [0.717, 1.165) is 43.4 Å². The monoisotopic (exact) mass is 419 g/mol. The maximum atomic E-state index is 12.8. The number of nitrogens with zero attached hydrogens (tertiary/aromatic N) is 1. The van der Waals surface area contributed by atoms with Crippen LogP contribution in [0, 0.1) is 5.41 Å². The molecule has 4 atom stereocenters. The quantitative estimate of drug-likeness (QED) is 0.779. The molecular formula is C26H29NO4. The predicted molar refractivity (Wildman–Crippen MR) is 118 cm³/mol. The standard InChI is InChI=1S/C26H29NO4/c1-17-15-26(12-13-27(17)24(28)23-3-2-14-31-23)16-22(26)20-8-4-18(5-9-20)19-6-10-21(11-7-19)25(29)30/h4-11,17,22-23H,2-3,12-16H2,1H3,(H,29,30)/t17-,22-,23-,26?/m1/s1. The minimum Gasteiger partial charge on any atom is -0.478 e. The lowest BCUT2D eigenvalue weighted by atomic mass is 9.84. The van der Waals surface area contributed by atoms with Crippen molar-refractivity contribution < 1.29 is 19.4 Å². The summed E-state index contributed by atoms with van der Waals surface area (Å²) in [6, 6.07) is 16.0. The number of likely N-dealkylation sites (tertiary alicyclic amines) is 1. The van der Waals surface area contributed by atoms with Crippen molar-refractivity contribution in [1.82, 2.24) is 4.90 Å². The van der Waals surface area contributed by atoms with Gasteiger partial charge in [0.25, 0.3) is 5.91 Å². The molecule has 1 amide bonds. The normalized spacial score (nSPS) is 29.8. The minimum absolute atomic E-state index is 0.190. The Labute approximate surface area is 183 Å². The van der Waals surface area contributed by atoms with Gasteiger partial charge in [0.2, 0.25) is 0 Å². The topological polar surface area (TPSA) is 66.8 Å². The van der Waals surface area contributed by atoms with Gasteiger partial charge in [-0.15, -0.1) is 0 Å². The third-order valence-electron chi connectivity index (χ3n) is 7.54. The van der Waals surface area contributed by atoms with Gasteiger partial charge in [0.15, 0.2) is 0 Å². The van der Waals surface area contributed by atoms with Crippen LogP contribution in [0.25, 0.3) is 11.1 Å². The van der Waals surface area contributed by atoms with Gasteiger partial charge < -0.3 is 14.7 Å². The maximum Gasteiger partial charge on any atom is 0.335 e. The highest BCUT2D eigenvalue weighted by Crippen LogP contribution is 2.65. The lowest BCUT2D eigenvalue weighted by molar-refractivity contribution is -0.145. The van der Waals surface area contributed by atoms with Gasteiger partial charge in [-0.05, 0) is 79.2 Å². The summed E-state index contributed by atoms with van der Waals surface area (Å²) in [5.41, 5.74) is 4.13. The summed E-state index contributed by atoms with van der Waals surface area (Å²) in [4.78, 5) is 25.9. The van der Waals surface area contributed by atoms with Gasteiger partial charge in [-0.2, -0.15) is 0 Å². The van der Waals surface area contributed by atoms with Crippen LogP contribution in [-0.4, -0.2) is 47.2 Å². The van der Waals surface area contributed by atoms with Crippen LogP contribution in [0.4, 0.5) is 0 Å². The maximum absolute atomic E-state index is 12.8. The lowest BCUT2D eigenvalue weighted by Gasteiger charge is -2.39. The molecule has 162 valence electrons. The molecule has 5 heteroatoms. The fourth-order valence-electron chi connectivity index (χ4n) is 5.68. The Balaban J connectivity index is 1.24. The first-order valence-corrected chi connectivity index (χ1v) is 11.3. The molecule has 5 nitrogen and oxygen atoms in total. The molecule has 2 saturated heterocycles. The zero-order valence-electron chi connectivity index (χ0n) is 17.9. The second-order valence-corrected chi connectivity index (χ2v) is 9.46. The van der Waals surface area contributed by atoms with E-state index in [0.29, 0.717) is 23.5 Å². The van der Waals surface area contributed by atoms with E-state index in [1.54, 1.807) is 12.1 Å². The fourth-order valence-corrected chi connectivity index (χ4v) is 5.68. The van der Waals surface area contributed by atoms with Crippen molar-refractivity contribution in [3.63, 3.8) is 0 Å². The van der Waals surface area contributed by atoms with Gasteiger partial charge in [0.05, 0.1) is 5.56 Å². The number of amides is 1. The Morgan fingerprint density at radius 3 is 2.29 bits per heavy atom. The number of rotatable bonds is 4. The molecule has 2 aliphatic heterocycles. The first kappa shape index (κ1) is 20.3. The van der Waals surface area contributed by atoms with E-state index in [9.17, 15) is 9.59 Å². The second kappa shape index (κ2) is 7.79. The molecule has 2 aromatic rings. The first-order valence-electron chi connectivity index (χ1n) is 11.3. The molecule has 31 heavy (non-hydrogen) atoms. The second-order valence-electron chi connectivity index (χ2n) is 9.46. The highest BCUT2D eigenvalue weighted by molar-refractivity contribution is 5.88. The molecule has 1 saturated carbocycles. The van der Waals surface area contributed by atoms with E-state index in [2.05, 4.69) is 36.1 Å². The average molecular weight is 420 g/mol. The number of ether oxygens (including phenoxy) is 1. The predicted octanol–water partition coefficient (Wildman–Crippen LogP) is 4.72. The molecular weight excluding hydrogens is 390 g/mol. The summed E-state index contributed by atoms with van der Waals surface area (Å²) in [6.07, 6.45) is 4.97. The molecule has 0 radical (unpaired) electrons. The Bertz CT molecular complexity index is 977. The van der Waals surface area contributed by atoms with Crippen molar-refractivity contribution in [2.45, 2.75) is 57.1 Å². The van der Waals surface area contributed by atoms with Crippen LogP contribution in [0.5, 0.6) is 0 Å². The number of hydrogen-bond donors (Lipinski definition) is 1. The number of carbonyl (C=O) groups excluding carboxylic acids is 1. The smallest absolute Gasteiger partial charge is 0.335 e. The van der Waals surface area contributed by atoms with E-state index in [1.807, 2.05) is 12.1 Å². The SMILES string of the molecule is C[C@@H]1CC2(CCN1C(=O)[C@H]1CCCO1)C[C@@H]2c1ccc(-c2ccc(C(=O)O)cc2)cc1.